The van der Waals surface area contributed by atoms with Gasteiger partial charge in [0.2, 0.25) is 0 Å². The quantitative estimate of drug-likeness (QED) is 0.166. The van der Waals surface area contributed by atoms with Crippen molar-refractivity contribution in [3.05, 3.63) is 71.3 Å². The molecule has 42 heavy (non-hydrogen) atoms. The van der Waals surface area contributed by atoms with Gasteiger partial charge in [0, 0.05) is 36.1 Å². The molecule has 0 aromatic heterocycles. The second-order valence-electron chi connectivity index (χ2n) is 11.9. The summed E-state index contributed by atoms with van der Waals surface area (Å²) >= 11 is 0. The maximum Gasteiger partial charge on any atom is 0.167 e. The van der Waals surface area contributed by atoms with Crippen molar-refractivity contribution < 1.29 is 18.4 Å². The topological polar surface area (TPSA) is 40.6 Å². The van der Waals surface area contributed by atoms with Crippen LogP contribution in [-0.4, -0.2) is 60.6 Å². The average Bonchev–Trinajstić information content (AvgIpc) is 3.39. The molecule has 2 aliphatic heterocycles. The molecule has 2 heterocycles. The van der Waals surface area contributed by atoms with Gasteiger partial charge in [-0.2, -0.15) is 0 Å². The van der Waals surface area contributed by atoms with E-state index in [1.54, 1.807) is 24.3 Å². The molecule has 2 aromatic carbocycles. The molecule has 2 fully saturated rings. The highest BCUT2D eigenvalue weighted by Gasteiger charge is 2.26. The number of benzene rings is 2. The van der Waals surface area contributed by atoms with Crippen LogP contribution < -0.4 is 0 Å². The first-order valence-electron chi connectivity index (χ1n) is 15.5. The van der Waals surface area contributed by atoms with Gasteiger partial charge in [0.15, 0.2) is 11.6 Å². The van der Waals surface area contributed by atoms with Crippen molar-refractivity contribution in [2.45, 2.75) is 77.0 Å². The van der Waals surface area contributed by atoms with E-state index in [2.05, 4.69) is 9.80 Å². The SMILES string of the molecule is Cl.Cl.O=C(c1ccc(F)cc1)C(CCCCC(CN1CCCCCC1)C(=O)c1ccc(F)cc1)CN1CCCCCC1. The Morgan fingerprint density at radius 1 is 0.548 bits per heavy atom. The summed E-state index contributed by atoms with van der Waals surface area (Å²) in [5.41, 5.74) is 1.15. The fraction of sp³-hybridized carbons (Fsp3) is 0.588. The number of nitrogens with zero attached hydrogens (tertiary/aromatic N) is 2. The average molecular weight is 626 g/mol. The molecule has 4 rings (SSSR count). The number of ketones is 2. The van der Waals surface area contributed by atoms with Crippen LogP contribution in [0.5, 0.6) is 0 Å². The minimum absolute atomic E-state index is 0. The number of halogens is 4. The molecule has 234 valence electrons. The lowest BCUT2D eigenvalue weighted by atomic mass is 9.88. The summed E-state index contributed by atoms with van der Waals surface area (Å²) < 4.78 is 27.0. The van der Waals surface area contributed by atoms with Gasteiger partial charge in [0.1, 0.15) is 11.6 Å². The fourth-order valence-corrected chi connectivity index (χ4v) is 6.35. The van der Waals surface area contributed by atoms with Gasteiger partial charge < -0.3 is 9.80 Å². The zero-order chi connectivity index (χ0) is 28.2. The van der Waals surface area contributed by atoms with Crippen LogP contribution in [-0.2, 0) is 0 Å². The van der Waals surface area contributed by atoms with E-state index in [1.165, 1.54) is 75.6 Å². The van der Waals surface area contributed by atoms with Crippen LogP contribution in [0, 0.1) is 23.5 Å². The normalized spacial score (nSPS) is 18.0. The van der Waals surface area contributed by atoms with Gasteiger partial charge in [0.05, 0.1) is 0 Å². The highest BCUT2D eigenvalue weighted by Crippen LogP contribution is 2.24. The van der Waals surface area contributed by atoms with E-state index in [-0.39, 0.29) is 59.9 Å². The van der Waals surface area contributed by atoms with E-state index in [0.717, 1.165) is 65.0 Å². The minimum Gasteiger partial charge on any atom is -0.303 e. The smallest absolute Gasteiger partial charge is 0.167 e. The van der Waals surface area contributed by atoms with Crippen molar-refractivity contribution in [3.8, 4) is 0 Å². The van der Waals surface area contributed by atoms with E-state index < -0.39 is 0 Å². The number of unbranched alkanes of at least 4 members (excludes halogenated alkanes) is 1. The van der Waals surface area contributed by atoms with Crippen LogP contribution in [0.2, 0.25) is 0 Å². The van der Waals surface area contributed by atoms with Crippen LogP contribution in [0.15, 0.2) is 48.5 Å². The maximum atomic E-state index is 13.5. The fourth-order valence-electron chi connectivity index (χ4n) is 6.35. The zero-order valence-electron chi connectivity index (χ0n) is 24.8. The lowest BCUT2D eigenvalue weighted by Crippen LogP contribution is -2.35. The molecule has 2 aromatic rings. The highest BCUT2D eigenvalue weighted by molar-refractivity contribution is 5.98. The second-order valence-corrected chi connectivity index (χ2v) is 11.9. The van der Waals surface area contributed by atoms with Crippen molar-refractivity contribution in [3.63, 3.8) is 0 Å². The summed E-state index contributed by atoms with van der Waals surface area (Å²) in [6.07, 6.45) is 12.9. The third-order valence-corrected chi connectivity index (χ3v) is 8.71. The Morgan fingerprint density at radius 3 is 1.17 bits per heavy atom. The lowest BCUT2D eigenvalue weighted by molar-refractivity contribution is 0.0848. The summed E-state index contributed by atoms with van der Waals surface area (Å²) in [7, 11) is 0. The molecule has 0 aliphatic carbocycles. The van der Waals surface area contributed by atoms with Crippen LogP contribution in [0.1, 0.15) is 97.8 Å². The number of Topliss-reactive ketones (excluding diaryl/α,β-unsaturated/α-hetero) is 2. The van der Waals surface area contributed by atoms with E-state index in [1.807, 2.05) is 0 Å². The third-order valence-electron chi connectivity index (χ3n) is 8.71. The molecule has 2 saturated heterocycles. The number of hydrogen-bond acceptors (Lipinski definition) is 4. The minimum atomic E-state index is -0.332. The number of likely N-dealkylation sites (tertiary alicyclic amines) is 2. The highest BCUT2D eigenvalue weighted by atomic mass is 35.5. The molecule has 2 unspecified atom stereocenters. The molecular formula is C34H48Cl2F2N2O2. The van der Waals surface area contributed by atoms with Gasteiger partial charge in [-0.15, -0.1) is 24.8 Å². The second kappa shape index (κ2) is 19.4. The van der Waals surface area contributed by atoms with Crippen molar-refractivity contribution in [2.24, 2.45) is 11.8 Å². The summed E-state index contributed by atoms with van der Waals surface area (Å²) in [6, 6.07) is 11.9. The summed E-state index contributed by atoms with van der Waals surface area (Å²) in [6.45, 7) is 5.58. The third kappa shape index (κ3) is 11.7. The molecule has 2 atom stereocenters. The van der Waals surface area contributed by atoms with Gasteiger partial charge in [-0.25, -0.2) is 8.78 Å². The molecule has 4 nitrogen and oxygen atoms in total. The monoisotopic (exact) mass is 624 g/mol. The Morgan fingerprint density at radius 2 is 0.857 bits per heavy atom. The largest absolute Gasteiger partial charge is 0.303 e. The van der Waals surface area contributed by atoms with E-state index in [4.69, 9.17) is 0 Å². The first-order valence-corrected chi connectivity index (χ1v) is 15.5. The van der Waals surface area contributed by atoms with Crippen LogP contribution in [0.3, 0.4) is 0 Å². The Labute approximate surface area is 263 Å². The van der Waals surface area contributed by atoms with E-state index >= 15 is 0 Å². The molecule has 8 heteroatoms. The lowest BCUT2D eigenvalue weighted by Gasteiger charge is -2.27. The summed E-state index contributed by atoms with van der Waals surface area (Å²) in [4.78, 5) is 31.9. The van der Waals surface area contributed by atoms with Gasteiger partial charge >= 0.3 is 0 Å². The molecule has 0 saturated carbocycles. The van der Waals surface area contributed by atoms with E-state index in [0.29, 0.717) is 11.1 Å². The number of carbonyl (C=O) groups excluding carboxylic acids is 2. The molecule has 0 amide bonds. The van der Waals surface area contributed by atoms with E-state index in [9.17, 15) is 18.4 Å². The van der Waals surface area contributed by atoms with Gasteiger partial charge in [-0.1, -0.05) is 38.5 Å². The van der Waals surface area contributed by atoms with Gasteiger partial charge in [-0.05, 0) is 113 Å². The van der Waals surface area contributed by atoms with Crippen molar-refractivity contribution in [2.75, 3.05) is 39.3 Å². The molecule has 0 radical (unpaired) electrons. The van der Waals surface area contributed by atoms with Crippen molar-refractivity contribution in [1.29, 1.82) is 0 Å². The first kappa shape index (κ1) is 36.3. The van der Waals surface area contributed by atoms with Gasteiger partial charge in [-0.3, -0.25) is 9.59 Å². The standard InChI is InChI=1S/C34H46F2N2O2.2ClH/c35-31-17-13-27(14-18-31)33(39)29(25-37-21-7-1-2-8-22-37)11-5-6-12-30(26-38-23-9-3-4-10-24-38)34(40)28-15-19-32(36)20-16-28;;/h13-20,29-30H,1-12,21-26H2;2*1H. The molecule has 2 aliphatic rings. The first-order chi connectivity index (χ1) is 19.5. The van der Waals surface area contributed by atoms with Crippen LogP contribution >= 0.6 is 24.8 Å². The van der Waals surface area contributed by atoms with Crippen molar-refractivity contribution >= 4 is 36.4 Å². The number of hydrogen-bond donors (Lipinski definition) is 0. The molecule has 0 spiro atoms. The number of carbonyl (C=O) groups is 2. The van der Waals surface area contributed by atoms with Gasteiger partial charge in [0.25, 0.3) is 0 Å². The Balaban J connectivity index is 0.00000308. The Hall–Kier alpha value is -1.86. The summed E-state index contributed by atoms with van der Waals surface area (Å²) in [5.74, 6) is -0.759. The van der Waals surface area contributed by atoms with Crippen molar-refractivity contribution in [1.82, 2.24) is 9.80 Å². The Kier molecular flexibility index (Phi) is 16.8. The van der Waals surface area contributed by atoms with Crippen LogP contribution in [0.4, 0.5) is 8.78 Å². The summed E-state index contributed by atoms with van der Waals surface area (Å²) in [5, 5.41) is 0. The molecule has 0 bridgehead atoms. The molecular weight excluding hydrogens is 577 g/mol. The maximum absolute atomic E-state index is 13.5. The predicted octanol–water partition coefficient (Wildman–Crippen LogP) is 8.42. The van der Waals surface area contributed by atoms with Crippen LogP contribution in [0.25, 0.3) is 0 Å². The molecule has 0 N–H and O–H groups in total. The number of rotatable bonds is 13. The zero-order valence-corrected chi connectivity index (χ0v) is 26.4. The predicted molar refractivity (Wildman–Crippen MR) is 171 cm³/mol. The Bertz CT molecular complexity index is 967.